The summed E-state index contributed by atoms with van der Waals surface area (Å²) in [5, 5.41) is 18.8. The number of pyridine rings is 2. The molecule has 0 atom stereocenters. The minimum Gasteiger partial charge on any atom is -0.457 e. The van der Waals surface area contributed by atoms with Gasteiger partial charge in [0.15, 0.2) is 0 Å². The third kappa shape index (κ3) is 5.67. The summed E-state index contributed by atoms with van der Waals surface area (Å²) < 4.78 is 6.02. The number of nitriles is 2. The summed E-state index contributed by atoms with van der Waals surface area (Å²) in [6, 6.07) is 31.5. The highest BCUT2D eigenvalue weighted by atomic mass is 16.5. The third-order valence-corrected chi connectivity index (χ3v) is 6.04. The van der Waals surface area contributed by atoms with Gasteiger partial charge in [-0.2, -0.15) is 10.5 Å². The number of nitrogens with zero attached hydrogens (tertiary/aromatic N) is 5. The minimum atomic E-state index is 0.0527. The maximum Gasteiger partial charge on any atom is 0.137 e. The molecule has 5 rings (SSSR count). The Hall–Kier alpha value is -5.46. The van der Waals surface area contributed by atoms with Crippen LogP contribution in [0.15, 0.2) is 121 Å². The van der Waals surface area contributed by atoms with Crippen LogP contribution >= 0.6 is 0 Å². The number of hydrogen-bond donors (Lipinski definition) is 0. The normalized spacial score (nSPS) is 12.1. The molecule has 2 aromatic carbocycles. The van der Waals surface area contributed by atoms with Crippen molar-refractivity contribution in [2.75, 3.05) is 4.90 Å². The van der Waals surface area contributed by atoms with E-state index in [0.717, 1.165) is 28.2 Å². The first-order valence-corrected chi connectivity index (χ1v) is 12.1. The number of fused-ring (bicyclic) bond motifs is 1. The summed E-state index contributed by atoms with van der Waals surface area (Å²) in [5.74, 6) is 1.17. The summed E-state index contributed by atoms with van der Waals surface area (Å²) in [7, 11) is 0. The Balaban J connectivity index is 1.38. The van der Waals surface area contributed by atoms with Gasteiger partial charge >= 0.3 is 0 Å². The lowest BCUT2D eigenvalue weighted by molar-refractivity contribution is 0.439. The quantitative estimate of drug-likeness (QED) is 0.274. The van der Waals surface area contributed by atoms with E-state index in [4.69, 9.17) is 4.74 Å². The first kappa shape index (κ1) is 24.2. The molecule has 0 saturated carbocycles. The fraction of sp³-hybridized carbons (Fsp3) is 0.0625. The van der Waals surface area contributed by atoms with E-state index in [-0.39, 0.29) is 5.57 Å². The van der Waals surface area contributed by atoms with E-state index >= 15 is 0 Å². The third-order valence-electron chi connectivity index (χ3n) is 6.04. The molecule has 0 aliphatic carbocycles. The van der Waals surface area contributed by atoms with Crippen molar-refractivity contribution in [2.24, 2.45) is 0 Å². The second-order valence-electron chi connectivity index (χ2n) is 8.58. The molecule has 0 spiro atoms. The van der Waals surface area contributed by atoms with Gasteiger partial charge in [-0.15, -0.1) is 0 Å². The average molecular weight is 494 g/mol. The number of ether oxygens (including phenoxy) is 1. The summed E-state index contributed by atoms with van der Waals surface area (Å²) in [4.78, 5) is 11.2. The van der Waals surface area contributed by atoms with E-state index in [2.05, 4.69) is 27.0 Å². The van der Waals surface area contributed by atoms with Crippen LogP contribution < -0.4 is 9.64 Å². The highest BCUT2D eigenvalue weighted by Gasteiger charge is 2.18. The molecule has 2 aromatic heterocycles. The van der Waals surface area contributed by atoms with E-state index in [9.17, 15) is 10.5 Å². The van der Waals surface area contributed by atoms with Crippen molar-refractivity contribution >= 4 is 17.3 Å². The molecule has 182 valence electrons. The van der Waals surface area contributed by atoms with Crippen LogP contribution in [0.4, 0.5) is 5.69 Å². The molecule has 0 bridgehead atoms. The summed E-state index contributed by atoms with van der Waals surface area (Å²) >= 11 is 0. The lowest BCUT2D eigenvalue weighted by Crippen LogP contribution is -2.23. The lowest BCUT2D eigenvalue weighted by atomic mass is 9.97. The van der Waals surface area contributed by atoms with Crippen LogP contribution in [0.3, 0.4) is 0 Å². The van der Waals surface area contributed by atoms with Crippen LogP contribution in [-0.4, -0.2) is 9.97 Å². The molecule has 0 saturated heterocycles. The molecular formula is C32H23N5O. The zero-order chi connectivity index (χ0) is 26.2. The number of allylic oxidation sites excluding steroid dienone is 4. The second-order valence-corrected chi connectivity index (χ2v) is 8.58. The Bertz CT molecular complexity index is 1530. The molecule has 38 heavy (non-hydrogen) atoms. The lowest BCUT2D eigenvalue weighted by Gasteiger charge is -2.24. The summed E-state index contributed by atoms with van der Waals surface area (Å²) in [5.41, 5.74) is 5.34. The highest BCUT2D eigenvalue weighted by Crippen LogP contribution is 2.35. The maximum absolute atomic E-state index is 9.42. The maximum atomic E-state index is 9.42. The van der Waals surface area contributed by atoms with Gasteiger partial charge in [-0.3, -0.25) is 9.97 Å². The molecule has 1 aliphatic rings. The monoisotopic (exact) mass is 493 g/mol. The number of hydrogen-bond acceptors (Lipinski definition) is 6. The summed E-state index contributed by atoms with van der Waals surface area (Å²) in [6.45, 7) is 1.31. The van der Waals surface area contributed by atoms with Crippen molar-refractivity contribution in [3.05, 3.63) is 143 Å². The molecule has 0 amide bonds. The molecule has 3 heterocycles. The van der Waals surface area contributed by atoms with Gasteiger partial charge in [-0.25, -0.2) is 0 Å². The molecule has 1 aliphatic heterocycles. The van der Waals surface area contributed by atoms with Gasteiger partial charge in [-0.1, -0.05) is 48.5 Å². The van der Waals surface area contributed by atoms with E-state index in [1.165, 1.54) is 0 Å². The summed E-state index contributed by atoms with van der Waals surface area (Å²) in [6.07, 6.45) is 9.13. The van der Waals surface area contributed by atoms with Crippen molar-refractivity contribution in [3.63, 3.8) is 0 Å². The van der Waals surface area contributed by atoms with Gasteiger partial charge < -0.3 is 9.64 Å². The number of anilines is 1. The van der Waals surface area contributed by atoms with E-state index in [0.29, 0.717) is 30.2 Å². The van der Waals surface area contributed by atoms with Crippen molar-refractivity contribution in [2.45, 2.75) is 13.1 Å². The van der Waals surface area contributed by atoms with Crippen LogP contribution in [0.25, 0.3) is 11.6 Å². The molecule has 0 N–H and O–H groups in total. The van der Waals surface area contributed by atoms with Crippen molar-refractivity contribution in [3.8, 4) is 17.9 Å². The van der Waals surface area contributed by atoms with Crippen molar-refractivity contribution < 1.29 is 4.74 Å². The standard InChI is InChI=1S/C32H23N5O/c33-20-25(21-34)31-19-29(38-32-10-2-1-9-30(31)32)16-13-24-11-14-28(15-12-24)37(22-26-7-3-5-17-35-26)23-27-8-4-6-18-36-27/h1-19H,22-23H2/b16-13+. The molecule has 0 radical (unpaired) electrons. The zero-order valence-corrected chi connectivity index (χ0v) is 20.5. The topological polar surface area (TPSA) is 85.8 Å². The Morgan fingerprint density at radius 1 is 0.763 bits per heavy atom. The Morgan fingerprint density at radius 2 is 1.39 bits per heavy atom. The molecule has 6 heteroatoms. The van der Waals surface area contributed by atoms with Gasteiger partial charge in [0.05, 0.1) is 24.5 Å². The number of benzene rings is 2. The molecule has 0 fully saturated rings. The fourth-order valence-electron chi connectivity index (χ4n) is 4.18. The number of aromatic nitrogens is 2. The Kier molecular flexibility index (Phi) is 7.35. The largest absolute Gasteiger partial charge is 0.457 e. The van der Waals surface area contributed by atoms with Gasteiger partial charge in [0.25, 0.3) is 0 Å². The molecule has 0 unspecified atom stereocenters. The Morgan fingerprint density at radius 3 is 2.00 bits per heavy atom. The van der Waals surface area contributed by atoms with Gasteiger partial charge in [-0.05, 0) is 60.2 Å². The number of rotatable bonds is 7. The number of para-hydroxylation sites is 1. The van der Waals surface area contributed by atoms with Crippen LogP contribution in [0, 0.1) is 22.7 Å². The molecular weight excluding hydrogens is 470 g/mol. The van der Waals surface area contributed by atoms with Gasteiger partial charge in [0.1, 0.15) is 29.2 Å². The SMILES string of the molecule is N#CC(C#N)=C1C=C(/C=C/c2ccc(N(Cc3ccccn3)Cc3ccccn3)cc2)Oc2ccccc21. The second kappa shape index (κ2) is 11.5. The highest BCUT2D eigenvalue weighted by molar-refractivity contribution is 5.87. The predicted octanol–water partition coefficient (Wildman–Crippen LogP) is 6.47. The van der Waals surface area contributed by atoms with Crippen LogP contribution in [-0.2, 0) is 13.1 Å². The predicted molar refractivity (Wildman–Crippen MR) is 147 cm³/mol. The Labute approximate surface area is 221 Å². The fourth-order valence-corrected chi connectivity index (χ4v) is 4.18. The van der Waals surface area contributed by atoms with Gasteiger partial charge in [0, 0.05) is 29.2 Å². The van der Waals surface area contributed by atoms with Crippen LogP contribution in [0.2, 0.25) is 0 Å². The molecule has 6 nitrogen and oxygen atoms in total. The average Bonchev–Trinajstić information content (AvgIpc) is 2.98. The smallest absolute Gasteiger partial charge is 0.137 e. The van der Waals surface area contributed by atoms with E-state index in [1.807, 2.05) is 97.1 Å². The van der Waals surface area contributed by atoms with Gasteiger partial charge in [0.2, 0.25) is 0 Å². The minimum absolute atomic E-state index is 0.0527. The molecule has 4 aromatic rings. The van der Waals surface area contributed by atoms with Crippen LogP contribution in [0.5, 0.6) is 5.75 Å². The zero-order valence-electron chi connectivity index (χ0n) is 20.5. The first-order chi connectivity index (χ1) is 18.7. The first-order valence-electron chi connectivity index (χ1n) is 12.1. The van der Waals surface area contributed by atoms with E-state index < -0.39 is 0 Å². The van der Waals surface area contributed by atoms with Crippen LogP contribution in [0.1, 0.15) is 22.5 Å². The van der Waals surface area contributed by atoms with E-state index in [1.54, 1.807) is 18.5 Å². The van der Waals surface area contributed by atoms with Crippen molar-refractivity contribution in [1.82, 2.24) is 9.97 Å². The van der Waals surface area contributed by atoms with Crippen molar-refractivity contribution in [1.29, 1.82) is 10.5 Å².